The van der Waals surface area contributed by atoms with Crippen LogP contribution in [0, 0.1) is 0 Å². The average molecular weight is 263 g/mol. The molecule has 1 N–H and O–H groups in total. The average Bonchev–Trinajstić information content (AvgIpc) is 2.21. The van der Waals surface area contributed by atoms with Gasteiger partial charge in [-0.15, -0.1) is 0 Å². The minimum Gasteiger partial charge on any atom is -0.315 e. The molecule has 1 atom stereocenters. The highest BCUT2D eigenvalue weighted by atomic mass is 32.2. The van der Waals surface area contributed by atoms with Gasteiger partial charge in [0.1, 0.15) is 9.84 Å². The Balaban J connectivity index is 2.13. The van der Waals surface area contributed by atoms with Crippen molar-refractivity contribution in [2.45, 2.75) is 12.5 Å². The first kappa shape index (κ1) is 14.9. The van der Waals surface area contributed by atoms with Gasteiger partial charge in [-0.05, 0) is 27.1 Å². The summed E-state index contributed by atoms with van der Waals surface area (Å²) in [6, 6.07) is 0.534. The number of rotatable bonds is 6. The molecule has 0 radical (unpaired) electrons. The Labute approximate surface area is 105 Å². The van der Waals surface area contributed by atoms with Crippen molar-refractivity contribution in [2.24, 2.45) is 0 Å². The molecule has 1 unspecified atom stereocenters. The molecule has 1 heterocycles. The van der Waals surface area contributed by atoms with Crippen molar-refractivity contribution < 1.29 is 8.42 Å². The molecule has 0 amide bonds. The van der Waals surface area contributed by atoms with Crippen LogP contribution in [-0.4, -0.2) is 83.1 Å². The highest BCUT2D eigenvalue weighted by molar-refractivity contribution is 7.90. The minimum absolute atomic E-state index is 0.278. The second kappa shape index (κ2) is 6.68. The van der Waals surface area contributed by atoms with E-state index in [4.69, 9.17) is 0 Å². The van der Waals surface area contributed by atoms with Crippen LogP contribution in [0.25, 0.3) is 0 Å². The maximum Gasteiger partial charge on any atom is 0.147 e. The molecule has 1 aliphatic rings. The van der Waals surface area contributed by atoms with Gasteiger partial charge in [0.05, 0.1) is 5.75 Å². The normalized spacial score (nSPS) is 24.1. The second-order valence-corrected chi connectivity index (χ2v) is 7.34. The fraction of sp³-hybridized carbons (Fsp3) is 1.00. The number of nitrogens with one attached hydrogen (secondary N) is 1. The lowest BCUT2D eigenvalue weighted by atomic mass is 10.2. The predicted octanol–water partition coefficient (Wildman–Crippen LogP) is -0.743. The summed E-state index contributed by atoms with van der Waals surface area (Å²) in [5, 5.41) is 3.35. The van der Waals surface area contributed by atoms with Crippen LogP contribution in [0.1, 0.15) is 6.42 Å². The van der Waals surface area contributed by atoms with Crippen LogP contribution in [0.4, 0.5) is 0 Å². The van der Waals surface area contributed by atoms with Gasteiger partial charge in [-0.3, -0.25) is 4.90 Å². The number of nitrogens with zero attached hydrogens (tertiary/aromatic N) is 2. The van der Waals surface area contributed by atoms with E-state index in [1.165, 1.54) is 6.26 Å². The molecule has 0 spiro atoms. The summed E-state index contributed by atoms with van der Waals surface area (Å²) in [6.45, 7) is 5.02. The summed E-state index contributed by atoms with van der Waals surface area (Å²) in [5.41, 5.74) is 0. The molecule has 5 nitrogen and oxygen atoms in total. The number of likely N-dealkylation sites (N-methyl/N-ethyl adjacent to an activating group) is 2. The first-order valence-electron chi connectivity index (χ1n) is 6.16. The molecular formula is C11H25N3O2S. The molecule has 1 fully saturated rings. The van der Waals surface area contributed by atoms with Crippen LogP contribution in [0.3, 0.4) is 0 Å². The SMILES string of the molecule is CN1CCN(C)C(CNCCCS(C)(=O)=O)C1. The summed E-state index contributed by atoms with van der Waals surface area (Å²) in [4.78, 5) is 4.70. The van der Waals surface area contributed by atoms with Crippen molar-refractivity contribution in [3.63, 3.8) is 0 Å². The van der Waals surface area contributed by atoms with Gasteiger partial charge in [0.15, 0.2) is 0 Å². The molecule has 0 aliphatic carbocycles. The quantitative estimate of drug-likeness (QED) is 0.640. The van der Waals surface area contributed by atoms with E-state index < -0.39 is 9.84 Å². The van der Waals surface area contributed by atoms with Crippen molar-refractivity contribution in [3.8, 4) is 0 Å². The van der Waals surface area contributed by atoms with Gasteiger partial charge in [-0.25, -0.2) is 8.42 Å². The molecule has 0 aromatic carbocycles. The van der Waals surface area contributed by atoms with Crippen LogP contribution < -0.4 is 5.32 Å². The predicted molar refractivity (Wildman–Crippen MR) is 71.1 cm³/mol. The first-order chi connectivity index (χ1) is 7.88. The van der Waals surface area contributed by atoms with Gasteiger partial charge in [-0.1, -0.05) is 0 Å². The van der Waals surface area contributed by atoms with Crippen molar-refractivity contribution in [1.29, 1.82) is 0 Å². The molecule has 1 saturated heterocycles. The van der Waals surface area contributed by atoms with Crippen molar-refractivity contribution in [1.82, 2.24) is 15.1 Å². The van der Waals surface area contributed by atoms with Crippen LogP contribution in [0.5, 0.6) is 0 Å². The third kappa shape index (κ3) is 6.35. The summed E-state index contributed by atoms with van der Waals surface area (Å²) < 4.78 is 21.9. The van der Waals surface area contributed by atoms with E-state index >= 15 is 0 Å². The topological polar surface area (TPSA) is 52.6 Å². The van der Waals surface area contributed by atoms with Crippen molar-refractivity contribution in [2.75, 3.05) is 58.8 Å². The molecule has 0 aromatic heterocycles. The lowest BCUT2D eigenvalue weighted by molar-refractivity contribution is 0.113. The third-order valence-corrected chi connectivity index (χ3v) is 4.26. The molecule has 17 heavy (non-hydrogen) atoms. The van der Waals surface area contributed by atoms with Gasteiger partial charge in [0, 0.05) is 38.5 Å². The molecular weight excluding hydrogens is 238 g/mol. The van der Waals surface area contributed by atoms with Crippen LogP contribution in [0.15, 0.2) is 0 Å². The first-order valence-corrected chi connectivity index (χ1v) is 8.22. The zero-order chi connectivity index (χ0) is 12.9. The van der Waals surface area contributed by atoms with E-state index in [2.05, 4.69) is 29.2 Å². The molecule has 1 aliphatic heterocycles. The Bertz CT molecular complexity index is 319. The molecule has 102 valence electrons. The highest BCUT2D eigenvalue weighted by Gasteiger charge is 2.21. The van der Waals surface area contributed by atoms with Gasteiger partial charge in [0.2, 0.25) is 0 Å². The van der Waals surface area contributed by atoms with Crippen LogP contribution in [-0.2, 0) is 9.84 Å². The highest BCUT2D eigenvalue weighted by Crippen LogP contribution is 2.04. The molecule has 6 heteroatoms. The number of piperazine rings is 1. The van der Waals surface area contributed by atoms with Crippen LogP contribution in [0.2, 0.25) is 0 Å². The van der Waals surface area contributed by atoms with E-state index in [9.17, 15) is 8.42 Å². The van der Waals surface area contributed by atoms with Crippen molar-refractivity contribution in [3.05, 3.63) is 0 Å². The van der Waals surface area contributed by atoms with Gasteiger partial charge in [0.25, 0.3) is 0 Å². The Hall–Kier alpha value is -0.170. The molecule has 1 rings (SSSR count). The fourth-order valence-corrected chi connectivity index (χ4v) is 2.72. The monoisotopic (exact) mass is 263 g/mol. The van der Waals surface area contributed by atoms with Crippen molar-refractivity contribution >= 4 is 9.84 Å². The van der Waals surface area contributed by atoms with E-state index in [0.29, 0.717) is 12.5 Å². The minimum atomic E-state index is -2.81. The Morgan fingerprint density at radius 2 is 2.00 bits per heavy atom. The third-order valence-electron chi connectivity index (χ3n) is 3.23. The second-order valence-electron chi connectivity index (χ2n) is 5.08. The summed E-state index contributed by atoms with van der Waals surface area (Å²) in [5.74, 6) is 0.278. The Morgan fingerprint density at radius 1 is 1.29 bits per heavy atom. The zero-order valence-corrected chi connectivity index (χ0v) is 12.0. The number of sulfone groups is 1. The Morgan fingerprint density at radius 3 is 2.65 bits per heavy atom. The molecule has 0 bridgehead atoms. The number of hydrogen-bond acceptors (Lipinski definition) is 5. The largest absolute Gasteiger partial charge is 0.315 e. The lowest BCUT2D eigenvalue weighted by Gasteiger charge is -2.37. The lowest BCUT2D eigenvalue weighted by Crippen LogP contribution is -2.53. The Kier molecular flexibility index (Phi) is 5.85. The van der Waals surface area contributed by atoms with E-state index in [0.717, 1.165) is 32.7 Å². The summed E-state index contributed by atoms with van der Waals surface area (Å²) in [6.07, 6.45) is 1.99. The standard InChI is InChI=1S/C11H25N3O2S/c1-13-6-7-14(2)11(10-13)9-12-5-4-8-17(3,15)16/h11-12H,4-10H2,1-3H3. The summed E-state index contributed by atoms with van der Waals surface area (Å²) >= 11 is 0. The maximum atomic E-state index is 10.9. The smallest absolute Gasteiger partial charge is 0.147 e. The van der Waals surface area contributed by atoms with Gasteiger partial charge >= 0.3 is 0 Å². The zero-order valence-electron chi connectivity index (χ0n) is 11.1. The van der Waals surface area contributed by atoms with E-state index in [-0.39, 0.29) is 5.75 Å². The maximum absolute atomic E-state index is 10.9. The van der Waals surface area contributed by atoms with Gasteiger partial charge in [-0.2, -0.15) is 0 Å². The van der Waals surface area contributed by atoms with E-state index in [1.807, 2.05) is 0 Å². The fourth-order valence-electron chi connectivity index (χ4n) is 2.05. The molecule has 0 saturated carbocycles. The number of hydrogen-bond donors (Lipinski definition) is 1. The molecule has 0 aromatic rings. The van der Waals surface area contributed by atoms with E-state index in [1.54, 1.807) is 0 Å². The van der Waals surface area contributed by atoms with Gasteiger partial charge < -0.3 is 10.2 Å². The summed E-state index contributed by atoms with van der Waals surface area (Å²) in [7, 11) is 1.48. The van der Waals surface area contributed by atoms with Crippen LogP contribution >= 0.6 is 0 Å².